The molecule has 0 fully saturated rings. The standard InChI is InChI=1S/4C8H18N.Hf/c4*1-7(2,3)9-8(4,5)6;/h4*1-6H3;/q4*-1;+4. The van der Waals surface area contributed by atoms with E-state index >= 15 is 0 Å². The first-order valence-electron chi connectivity index (χ1n) is 13.8. The van der Waals surface area contributed by atoms with E-state index in [2.05, 4.69) is 187 Å². The number of hydrogen-bond acceptors (Lipinski definition) is 0. The van der Waals surface area contributed by atoms with Crippen LogP contribution in [-0.4, -0.2) is 44.3 Å². The van der Waals surface area contributed by atoms with Crippen molar-refractivity contribution in [2.24, 2.45) is 0 Å². The summed E-state index contributed by atoms with van der Waals surface area (Å²) in [6.45, 7) is 51.0. The van der Waals surface area contributed by atoms with Gasteiger partial charge in [0.1, 0.15) is 0 Å². The van der Waals surface area contributed by atoms with Gasteiger partial charge in [-0.25, -0.2) is 0 Å². The molecule has 0 aliphatic heterocycles. The number of nitrogens with zero attached hydrogens (tertiary/aromatic N) is 4. The number of hydrogen-bond donors (Lipinski definition) is 0. The molecule has 0 aliphatic rings. The van der Waals surface area contributed by atoms with Gasteiger partial charge in [-0.2, -0.15) is 0 Å². The maximum Gasteiger partial charge on any atom is 4.00 e. The Morgan fingerprint density at radius 1 is 0.189 bits per heavy atom. The van der Waals surface area contributed by atoms with Gasteiger partial charge in [-0.05, 0) is 0 Å². The molecule has 0 aliphatic carbocycles. The third kappa shape index (κ3) is 72.4. The third-order valence-electron chi connectivity index (χ3n) is 2.68. The molecule has 0 aromatic carbocycles. The van der Waals surface area contributed by atoms with E-state index in [1.54, 1.807) is 0 Å². The zero-order valence-corrected chi connectivity index (χ0v) is 33.9. The SMILES string of the molecule is CC(C)(C)[N-]C(C)(C)C.CC(C)(C)[N-]C(C)(C)C.CC(C)(C)[N-]C(C)(C)C.CC(C)(C)[N-]C(C)(C)C.[Hf+4]. The molecular weight excluding hydrogens is 619 g/mol. The minimum Gasteiger partial charge on any atom is -0.653 e. The zero-order valence-electron chi connectivity index (χ0n) is 30.3. The van der Waals surface area contributed by atoms with Gasteiger partial charge >= 0.3 is 25.8 Å². The van der Waals surface area contributed by atoms with Crippen LogP contribution >= 0.6 is 0 Å². The minimum atomic E-state index is 0. The molecule has 0 bridgehead atoms. The summed E-state index contributed by atoms with van der Waals surface area (Å²) in [6, 6.07) is 0. The summed E-state index contributed by atoms with van der Waals surface area (Å²) < 4.78 is 0. The van der Waals surface area contributed by atoms with Gasteiger partial charge in [0.25, 0.3) is 0 Å². The Morgan fingerprint density at radius 3 is 0.243 bits per heavy atom. The molecule has 37 heavy (non-hydrogen) atoms. The van der Waals surface area contributed by atoms with E-state index < -0.39 is 0 Å². The van der Waals surface area contributed by atoms with Gasteiger partial charge in [-0.1, -0.05) is 166 Å². The molecule has 0 unspecified atom stereocenters. The molecule has 4 nitrogen and oxygen atoms in total. The van der Waals surface area contributed by atoms with E-state index in [0.29, 0.717) is 0 Å². The third-order valence-corrected chi connectivity index (χ3v) is 2.68. The molecule has 0 saturated heterocycles. The van der Waals surface area contributed by atoms with Crippen LogP contribution in [0.1, 0.15) is 166 Å². The molecule has 0 aromatic heterocycles. The molecule has 5 heteroatoms. The van der Waals surface area contributed by atoms with Crippen molar-refractivity contribution in [3.63, 3.8) is 0 Å². The quantitative estimate of drug-likeness (QED) is 0.227. The average Bonchev–Trinajstić information content (AvgIpc) is 2.19. The summed E-state index contributed by atoms with van der Waals surface area (Å²) >= 11 is 0. The predicted octanol–water partition coefficient (Wildman–Crippen LogP) is 11.8. The maximum absolute atomic E-state index is 4.54. The van der Waals surface area contributed by atoms with E-state index in [-0.39, 0.29) is 70.2 Å². The zero-order chi connectivity index (χ0) is 30.8. The van der Waals surface area contributed by atoms with Crippen LogP contribution in [0.25, 0.3) is 21.3 Å². The molecule has 224 valence electrons. The molecule has 0 atom stereocenters. The van der Waals surface area contributed by atoms with Crippen molar-refractivity contribution in [2.45, 2.75) is 210 Å². The van der Waals surface area contributed by atoms with Crippen molar-refractivity contribution in [1.82, 2.24) is 0 Å². The topological polar surface area (TPSA) is 56.4 Å². The first-order valence-corrected chi connectivity index (χ1v) is 13.8. The van der Waals surface area contributed by atoms with E-state index in [4.69, 9.17) is 0 Å². The summed E-state index contributed by atoms with van der Waals surface area (Å²) in [5.74, 6) is 0. The summed E-state index contributed by atoms with van der Waals surface area (Å²) in [7, 11) is 0. The summed E-state index contributed by atoms with van der Waals surface area (Å²) in [5.41, 5.74) is 0.875. The van der Waals surface area contributed by atoms with Crippen LogP contribution in [0.2, 0.25) is 0 Å². The molecule has 0 amide bonds. The second kappa shape index (κ2) is 16.8. The van der Waals surface area contributed by atoms with Gasteiger partial charge in [0, 0.05) is 0 Å². The van der Waals surface area contributed by atoms with Gasteiger partial charge in [0.2, 0.25) is 0 Å². The normalized spacial score (nSPS) is 13.6. The van der Waals surface area contributed by atoms with E-state index in [1.165, 1.54) is 0 Å². The van der Waals surface area contributed by atoms with Crippen molar-refractivity contribution in [3.05, 3.63) is 21.3 Å². The van der Waals surface area contributed by atoms with Gasteiger partial charge in [-0.15, -0.1) is 44.3 Å². The second-order valence-electron chi connectivity index (χ2n) is 17.8. The van der Waals surface area contributed by atoms with Crippen molar-refractivity contribution < 1.29 is 25.8 Å². The van der Waals surface area contributed by atoms with E-state index in [0.717, 1.165) is 0 Å². The molecule has 0 heterocycles. The van der Waals surface area contributed by atoms with Crippen LogP contribution in [0.4, 0.5) is 0 Å². The van der Waals surface area contributed by atoms with E-state index in [1.807, 2.05) is 0 Å². The Kier molecular flexibility index (Phi) is 21.6. The van der Waals surface area contributed by atoms with Gasteiger partial charge in [0.05, 0.1) is 0 Å². The van der Waals surface area contributed by atoms with Gasteiger partial charge in [-0.3, -0.25) is 0 Å². The van der Waals surface area contributed by atoms with Crippen LogP contribution in [0.5, 0.6) is 0 Å². The maximum atomic E-state index is 4.54. The molecule has 0 saturated carbocycles. The van der Waals surface area contributed by atoms with Crippen LogP contribution in [-0.2, 0) is 25.8 Å². The Labute approximate surface area is 256 Å². The Hall–Kier alpha value is 0.710. The Balaban J connectivity index is -0.000000122. The minimum absolute atomic E-state index is 0. The van der Waals surface area contributed by atoms with Crippen molar-refractivity contribution in [3.8, 4) is 0 Å². The Bertz CT molecular complexity index is 390. The predicted molar refractivity (Wildman–Crippen MR) is 171 cm³/mol. The molecule has 0 N–H and O–H groups in total. The summed E-state index contributed by atoms with van der Waals surface area (Å²) in [4.78, 5) is 0. The van der Waals surface area contributed by atoms with Gasteiger partial charge < -0.3 is 21.3 Å². The monoisotopic (exact) mass is 693 g/mol. The van der Waals surface area contributed by atoms with Crippen molar-refractivity contribution in [2.75, 3.05) is 0 Å². The fraction of sp³-hybridized carbons (Fsp3) is 1.00. The van der Waals surface area contributed by atoms with Crippen molar-refractivity contribution >= 4 is 0 Å². The van der Waals surface area contributed by atoms with Crippen molar-refractivity contribution in [1.29, 1.82) is 0 Å². The van der Waals surface area contributed by atoms with Crippen LogP contribution in [0.3, 0.4) is 0 Å². The fourth-order valence-electron chi connectivity index (χ4n) is 4.02. The molecule has 0 rings (SSSR count). The number of rotatable bonds is 0. The van der Waals surface area contributed by atoms with Gasteiger partial charge in [0.15, 0.2) is 0 Å². The molecule has 0 radical (unpaired) electrons. The molecular formula is C32H72HfN4. The largest absolute Gasteiger partial charge is 4.00 e. The second-order valence-corrected chi connectivity index (χ2v) is 17.8. The summed E-state index contributed by atoms with van der Waals surface area (Å²) in [6.07, 6.45) is 0. The first kappa shape index (κ1) is 47.5. The average molecular weight is 691 g/mol. The fourth-order valence-corrected chi connectivity index (χ4v) is 4.02. The smallest absolute Gasteiger partial charge is 0.653 e. The Morgan fingerprint density at radius 2 is 0.243 bits per heavy atom. The first-order chi connectivity index (χ1) is 14.8. The van der Waals surface area contributed by atoms with Crippen LogP contribution < -0.4 is 0 Å². The molecule has 0 aromatic rings. The molecule has 0 spiro atoms. The van der Waals surface area contributed by atoms with Crippen LogP contribution in [0, 0.1) is 0 Å². The van der Waals surface area contributed by atoms with E-state index in [9.17, 15) is 0 Å². The summed E-state index contributed by atoms with van der Waals surface area (Å²) in [5, 5.41) is 18.2. The van der Waals surface area contributed by atoms with Crippen LogP contribution in [0.15, 0.2) is 0 Å².